The lowest BCUT2D eigenvalue weighted by Gasteiger charge is -2.40. The molecule has 1 unspecified atom stereocenters. The summed E-state index contributed by atoms with van der Waals surface area (Å²) in [5, 5.41) is 0. The zero-order valence-electron chi connectivity index (χ0n) is 13.4. The third kappa shape index (κ3) is 3.89. The summed E-state index contributed by atoms with van der Waals surface area (Å²) >= 11 is 0. The lowest BCUT2D eigenvalue weighted by atomic mass is 9.66. The summed E-state index contributed by atoms with van der Waals surface area (Å²) in [6, 6.07) is 0. The highest BCUT2D eigenvalue weighted by atomic mass is 14.4. The van der Waals surface area contributed by atoms with Crippen molar-refractivity contribution in [3.05, 3.63) is 12.2 Å². The minimum absolute atomic E-state index is 1.02. The van der Waals surface area contributed by atoms with Gasteiger partial charge in [0.25, 0.3) is 0 Å². The molecule has 2 fully saturated rings. The second-order valence-electron chi connectivity index (χ2n) is 7.85. The molecular formula is C20H34. The van der Waals surface area contributed by atoms with E-state index in [-0.39, 0.29) is 0 Å². The first-order valence-corrected chi connectivity index (χ1v) is 9.58. The van der Waals surface area contributed by atoms with Crippen molar-refractivity contribution in [3.63, 3.8) is 0 Å². The maximum absolute atomic E-state index is 2.47. The highest BCUT2D eigenvalue weighted by Gasteiger charge is 2.32. The maximum atomic E-state index is 2.47. The van der Waals surface area contributed by atoms with Crippen molar-refractivity contribution >= 4 is 0 Å². The minimum Gasteiger partial charge on any atom is -0.0885 e. The van der Waals surface area contributed by atoms with Crippen LogP contribution in [0.25, 0.3) is 0 Å². The summed E-state index contributed by atoms with van der Waals surface area (Å²) in [7, 11) is 0. The van der Waals surface area contributed by atoms with Crippen molar-refractivity contribution in [3.8, 4) is 0 Å². The fourth-order valence-corrected chi connectivity index (χ4v) is 5.35. The van der Waals surface area contributed by atoms with Crippen LogP contribution in [0.4, 0.5) is 0 Å². The molecule has 0 N–H and O–H groups in total. The minimum atomic E-state index is 1.02. The van der Waals surface area contributed by atoms with Crippen LogP contribution in [0.15, 0.2) is 12.2 Å². The van der Waals surface area contributed by atoms with Gasteiger partial charge in [-0.2, -0.15) is 0 Å². The quantitative estimate of drug-likeness (QED) is 0.513. The largest absolute Gasteiger partial charge is 0.0885 e. The molecule has 0 aliphatic heterocycles. The van der Waals surface area contributed by atoms with E-state index in [0.29, 0.717) is 0 Å². The van der Waals surface area contributed by atoms with Crippen molar-refractivity contribution in [2.24, 2.45) is 23.7 Å². The van der Waals surface area contributed by atoms with Crippen LogP contribution in [0.3, 0.4) is 0 Å². The first-order chi connectivity index (χ1) is 9.93. The van der Waals surface area contributed by atoms with E-state index in [1.54, 1.807) is 32.1 Å². The smallest absolute Gasteiger partial charge is 0.0322 e. The van der Waals surface area contributed by atoms with E-state index in [1.165, 1.54) is 57.8 Å². The van der Waals surface area contributed by atoms with Crippen LogP contribution in [-0.2, 0) is 0 Å². The van der Waals surface area contributed by atoms with Gasteiger partial charge < -0.3 is 0 Å². The molecule has 0 aromatic rings. The number of allylic oxidation sites excluding steroid dienone is 2. The van der Waals surface area contributed by atoms with E-state index in [0.717, 1.165) is 23.7 Å². The van der Waals surface area contributed by atoms with Gasteiger partial charge in [-0.05, 0) is 49.4 Å². The third-order valence-corrected chi connectivity index (χ3v) is 6.49. The lowest BCUT2D eigenvalue weighted by molar-refractivity contribution is 0.114. The van der Waals surface area contributed by atoms with Crippen molar-refractivity contribution < 1.29 is 0 Å². The Morgan fingerprint density at radius 2 is 1.30 bits per heavy atom. The fraction of sp³-hybridized carbons (Fsp3) is 0.900. The zero-order chi connectivity index (χ0) is 13.6. The normalized spacial score (nSPS) is 29.9. The summed E-state index contributed by atoms with van der Waals surface area (Å²) in [5.74, 6) is 4.30. The second-order valence-corrected chi connectivity index (χ2v) is 7.85. The van der Waals surface area contributed by atoms with Gasteiger partial charge in [0.2, 0.25) is 0 Å². The molecule has 3 aliphatic rings. The highest BCUT2D eigenvalue weighted by molar-refractivity contribution is 4.92. The van der Waals surface area contributed by atoms with Gasteiger partial charge in [0.05, 0.1) is 0 Å². The van der Waals surface area contributed by atoms with E-state index in [1.807, 2.05) is 0 Å². The van der Waals surface area contributed by atoms with Crippen LogP contribution in [0.5, 0.6) is 0 Å². The number of rotatable bonds is 4. The van der Waals surface area contributed by atoms with E-state index in [2.05, 4.69) is 12.2 Å². The molecule has 0 aromatic heterocycles. The molecule has 0 heteroatoms. The molecule has 3 aliphatic carbocycles. The van der Waals surface area contributed by atoms with Gasteiger partial charge in [-0.15, -0.1) is 0 Å². The Labute approximate surface area is 126 Å². The molecule has 0 nitrogen and oxygen atoms in total. The molecule has 1 atom stereocenters. The first-order valence-electron chi connectivity index (χ1n) is 9.58. The van der Waals surface area contributed by atoms with Crippen LogP contribution in [0.2, 0.25) is 0 Å². The molecule has 2 saturated carbocycles. The summed E-state index contributed by atoms with van der Waals surface area (Å²) in [6.45, 7) is 0. The van der Waals surface area contributed by atoms with Crippen LogP contribution < -0.4 is 0 Å². The van der Waals surface area contributed by atoms with Gasteiger partial charge in [0.15, 0.2) is 0 Å². The summed E-state index contributed by atoms with van der Waals surface area (Å²) in [6.07, 6.45) is 26.0. The van der Waals surface area contributed by atoms with Gasteiger partial charge in [-0.25, -0.2) is 0 Å². The van der Waals surface area contributed by atoms with E-state index >= 15 is 0 Å². The third-order valence-electron chi connectivity index (χ3n) is 6.49. The molecule has 3 rings (SSSR count). The molecule has 0 aromatic carbocycles. The summed E-state index contributed by atoms with van der Waals surface area (Å²) < 4.78 is 0. The number of hydrogen-bond donors (Lipinski definition) is 0. The van der Waals surface area contributed by atoms with Crippen molar-refractivity contribution in [2.75, 3.05) is 0 Å². The molecule has 0 bridgehead atoms. The van der Waals surface area contributed by atoms with Gasteiger partial charge in [0, 0.05) is 0 Å². The molecule has 114 valence electrons. The van der Waals surface area contributed by atoms with Gasteiger partial charge in [0.1, 0.15) is 0 Å². The predicted molar refractivity (Wildman–Crippen MR) is 87.7 cm³/mol. The Balaban J connectivity index is 1.63. The monoisotopic (exact) mass is 274 g/mol. The Bertz CT molecular complexity index is 273. The van der Waals surface area contributed by atoms with Gasteiger partial charge in [-0.1, -0.05) is 76.4 Å². The molecule has 20 heavy (non-hydrogen) atoms. The topological polar surface area (TPSA) is 0 Å². The van der Waals surface area contributed by atoms with E-state index in [9.17, 15) is 0 Å². The van der Waals surface area contributed by atoms with Crippen LogP contribution in [-0.4, -0.2) is 0 Å². The standard InChI is InChI=1S/C20H34/c1-4-10-17(11-5-1)16-20(18-12-6-2-7-13-18)19-14-8-3-9-15-19/h1,4,17-20H,2-3,5-16H2. The fourth-order valence-electron chi connectivity index (χ4n) is 5.35. The summed E-state index contributed by atoms with van der Waals surface area (Å²) in [4.78, 5) is 0. The Morgan fingerprint density at radius 3 is 1.80 bits per heavy atom. The van der Waals surface area contributed by atoms with Crippen LogP contribution in [0, 0.1) is 23.7 Å². The van der Waals surface area contributed by atoms with Gasteiger partial charge in [-0.3, -0.25) is 0 Å². The molecule has 0 radical (unpaired) electrons. The molecular weight excluding hydrogens is 240 g/mol. The first kappa shape index (κ1) is 14.7. The maximum Gasteiger partial charge on any atom is -0.0322 e. The molecule has 0 heterocycles. The zero-order valence-corrected chi connectivity index (χ0v) is 13.4. The molecule has 0 spiro atoms. The van der Waals surface area contributed by atoms with E-state index in [4.69, 9.17) is 0 Å². The Morgan fingerprint density at radius 1 is 0.700 bits per heavy atom. The van der Waals surface area contributed by atoms with Crippen LogP contribution >= 0.6 is 0 Å². The second kappa shape index (κ2) is 7.66. The predicted octanol–water partition coefficient (Wildman–Crippen LogP) is 6.51. The highest BCUT2D eigenvalue weighted by Crippen LogP contribution is 2.44. The van der Waals surface area contributed by atoms with Crippen molar-refractivity contribution in [1.29, 1.82) is 0 Å². The Hall–Kier alpha value is -0.260. The average molecular weight is 274 g/mol. The number of hydrogen-bond acceptors (Lipinski definition) is 0. The average Bonchev–Trinajstić information content (AvgIpc) is 2.55. The van der Waals surface area contributed by atoms with Crippen LogP contribution in [0.1, 0.15) is 89.9 Å². The summed E-state index contributed by atoms with van der Waals surface area (Å²) in [5.41, 5.74) is 0. The SMILES string of the molecule is C1=CCC(CC(C2CCCCC2)C2CCCCC2)CC1. The lowest BCUT2D eigenvalue weighted by Crippen LogP contribution is -2.29. The van der Waals surface area contributed by atoms with Crippen molar-refractivity contribution in [1.82, 2.24) is 0 Å². The van der Waals surface area contributed by atoms with Crippen molar-refractivity contribution in [2.45, 2.75) is 89.9 Å². The molecule has 0 amide bonds. The van der Waals surface area contributed by atoms with Gasteiger partial charge >= 0.3 is 0 Å². The van der Waals surface area contributed by atoms with E-state index < -0.39 is 0 Å². The molecule has 0 saturated heterocycles. The Kier molecular flexibility index (Phi) is 5.62.